The van der Waals surface area contributed by atoms with E-state index in [0.717, 1.165) is 0 Å². The molecule has 25 nitrogen and oxygen atoms in total. The van der Waals surface area contributed by atoms with E-state index in [0.29, 0.717) is 0 Å². The molecule has 0 unspecified atom stereocenters. The van der Waals surface area contributed by atoms with Crippen molar-refractivity contribution < 1.29 is 116 Å². The Morgan fingerprint density at radius 3 is 1.84 bits per heavy atom. The van der Waals surface area contributed by atoms with Gasteiger partial charge < -0.3 is 103 Å². The Kier molecular flexibility index (Phi) is 19.4. The van der Waals surface area contributed by atoms with Gasteiger partial charge in [-0.2, -0.15) is 0 Å². The summed E-state index contributed by atoms with van der Waals surface area (Å²) in [6.07, 6.45) is -21.1. The number of aliphatic hydroxyl groups excluding tert-OH is 3. The normalized spacial score (nSPS) is 40.0. The zero-order chi connectivity index (χ0) is 58.4. The van der Waals surface area contributed by atoms with Crippen LogP contribution in [0.2, 0.25) is 0 Å². The number of nitrogens with two attached hydrogens (primary N) is 1. The predicted octanol–water partition coefficient (Wildman–Crippen LogP) is 2.05. The highest BCUT2D eigenvalue weighted by atomic mass is 16.7. The Bertz CT molecular complexity index is 2520. The van der Waals surface area contributed by atoms with Crippen LogP contribution in [0, 0.1) is 11.8 Å². The summed E-state index contributed by atoms with van der Waals surface area (Å²) in [5, 5.41) is 68.4. The molecular weight excluding hydrogens is 1060 g/mol. The summed E-state index contributed by atoms with van der Waals surface area (Å²) in [4.78, 5) is 52.5. The summed E-state index contributed by atoms with van der Waals surface area (Å²) in [5.41, 5.74) is 4.37. The number of hydrogen-bond acceptors (Lipinski definition) is 24. The van der Waals surface area contributed by atoms with Gasteiger partial charge in [-0.3, -0.25) is 19.2 Å². The van der Waals surface area contributed by atoms with Crippen molar-refractivity contribution in [3.63, 3.8) is 0 Å². The van der Waals surface area contributed by atoms with Crippen molar-refractivity contribution in [1.82, 2.24) is 0 Å². The Morgan fingerprint density at radius 1 is 0.713 bits per heavy atom. The molecule has 0 bridgehead atoms. The molecule has 25 heteroatoms. The predicted molar refractivity (Wildman–Crippen MR) is 273 cm³/mol. The quantitative estimate of drug-likeness (QED) is 0.111. The van der Waals surface area contributed by atoms with Gasteiger partial charge in [-0.05, 0) is 71.0 Å². The van der Waals surface area contributed by atoms with Gasteiger partial charge in [0.2, 0.25) is 12.2 Å². The molecule has 0 spiro atoms. The maximum atomic E-state index is 14.8. The van der Waals surface area contributed by atoms with Gasteiger partial charge >= 0.3 is 11.9 Å². The molecule has 0 saturated carbocycles. The lowest BCUT2D eigenvalue weighted by atomic mass is 9.76. The third kappa shape index (κ3) is 13.3. The van der Waals surface area contributed by atoms with Gasteiger partial charge in [-0.25, -0.2) is 0 Å². The van der Waals surface area contributed by atoms with E-state index in [4.69, 9.17) is 72.0 Å². The largest absolute Gasteiger partial charge is 0.507 e. The average molecular weight is 1140 g/mol. The molecule has 5 heterocycles. The third-order valence-corrected chi connectivity index (χ3v) is 15.9. The molecule has 8 N–H and O–H groups in total. The van der Waals surface area contributed by atoms with E-state index in [1.165, 1.54) is 40.2 Å². The zero-order valence-corrected chi connectivity index (χ0v) is 46.9. The molecule has 5 aliphatic heterocycles. The number of fused-ring (bicyclic) bond motifs is 2. The number of carbonyl (C=O) groups is 4. The average Bonchev–Trinajstić information content (AvgIpc) is 3.39. The van der Waals surface area contributed by atoms with Crippen molar-refractivity contribution in [3.8, 4) is 17.2 Å². The highest BCUT2D eigenvalue weighted by Gasteiger charge is 2.52. The number of phenols is 2. The van der Waals surface area contributed by atoms with E-state index >= 15 is 0 Å². The molecule has 1 aliphatic carbocycles. The van der Waals surface area contributed by atoms with Crippen LogP contribution in [-0.4, -0.2) is 203 Å². The van der Waals surface area contributed by atoms with Crippen LogP contribution >= 0.6 is 0 Å². The number of Topliss-reactive ketones (excluding diaryl/α,β-unsaturated/α-hetero) is 1. The Balaban J connectivity index is 0.980. The summed E-state index contributed by atoms with van der Waals surface area (Å²) in [6.45, 7) is 14.4. The van der Waals surface area contributed by atoms with Crippen LogP contribution < -0.4 is 10.5 Å². The number of methoxy groups -OCH3 is 2. The molecule has 5 saturated heterocycles. The number of carbonyl (C=O) groups excluding carboxylic acids is 4. The van der Waals surface area contributed by atoms with Crippen molar-refractivity contribution >= 4 is 34.4 Å². The summed E-state index contributed by atoms with van der Waals surface area (Å²) >= 11 is 0. The molecule has 8 rings (SSSR count). The first-order valence-corrected chi connectivity index (χ1v) is 27.3. The molecule has 1 amide bonds. The van der Waals surface area contributed by atoms with E-state index in [2.05, 4.69) is 0 Å². The fourth-order valence-corrected chi connectivity index (χ4v) is 11.9. The Labute approximate surface area is 463 Å². The summed E-state index contributed by atoms with van der Waals surface area (Å²) in [5.74, 6) is -5.29. The lowest BCUT2D eigenvalue weighted by molar-refractivity contribution is -0.334. The number of primary amides is 1. The van der Waals surface area contributed by atoms with Gasteiger partial charge in [0.1, 0.15) is 59.5 Å². The molecule has 448 valence electrons. The number of hydrogen-bond donors (Lipinski definition) is 7. The maximum absolute atomic E-state index is 14.8. The van der Waals surface area contributed by atoms with Crippen LogP contribution in [0.4, 0.5) is 0 Å². The second-order valence-corrected chi connectivity index (χ2v) is 22.5. The van der Waals surface area contributed by atoms with E-state index in [1.807, 2.05) is 0 Å². The van der Waals surface area contributed by atoms with Gasteiger partial charge in [0.15, 0.2) is 43.2 Å². The zero-order valence-electron chi connectivity index (χ0n) is 46.9. The van der Waals surface area contributed by atoms with E-state index < -0.39 is 182 Å². The van der Waals surface area contributed by atoms with Gasteiger partial charge in [0.05, 0.1) is 65.7 Å². The van der Waals surface area contributed by atoms with Gasteiger partial charge in [-0.15, -0.1) is 0 Å². The minimum absolute atomic E-state index is 0.00362. The fraction of sp³-hybridized carbons (Fsp3) is 0.745. The fourth-order valence-electron chi connectivity index (χ4n) is 11.9. The lowest BCUT2D eigenvalue weighted by Crippen LogP contribution is -2.59. The molecule has 5 fully saturated rings. The Morgan fingerprint density at radius 2 is 1.26 bits per heavy atom. The van der Waals surface area contributed by atoms with Crippen LogP contribution in [0.25, 0.3) is 10.8 Å². The summed E-state index contributed by atoms with van der Waals surface area (Å²) in [6, 6.07) is 4.30. The number of aromatic hydroxyl groups is 2. The monoisotopic (exact) mass is 1140 g/mol. The van der Waals surface area contributed by atoms with Crippen LogP contribution in [0.3, 0.4) is 0 Å². The second kappa shape index (κ2) is 25.2. The molecule has 2 aromatic carbocycles. The standard InChI is InChI=1S/C55H79NO24/c1-21(2)54(65)80-52-26(7)73-41(20-55(52,9)66)77-35-17-39(69-22(3)45(35)61)76-34-18-40(70-23(4)44(34)60)79-50-31(51(68-11)53(56)64)14-29-12-28-13-30(15-32(58)42(28)46(62)43(29)47(50)63)75-38-19-36(49(25(6)72-38)74-27(8)57)78-37-16-33(59)48(67-10)24(5)71-37/h12-13,15,21-26,31,33-41,44-45,48-52,58-62,66H,14,16-20H2,1-11H3,(H2,56,64)/t22-,23-,24-,25-,26+,31-,33-,34+,35+,36-,37-,38+,39+,40+,41+,44-,45-,48-,49-,50+,51+,52+,55-/m1/s1. The van der Waals surface area contributed by atoms with Crippen molar-refractivity contribution in [2.45, 2.75) is 236 Å². The van der Waals surface area contributed by atoms with E-state index in [1.54, 1.807) is 54.5 Å². The smallest absolute Gasteiger partial charge is 0.308 e. The highest BCUT2D eigenvalue weighted by Crippen LogP contribution is 2.46. The number of ether oxygens (including phenoxy) is 14. The summed E-state index contributed by atoms with van der Waals surface area (Å²) < 4.78 is 84.0. The number of phenolic OH excluding ortho intramolecular Hbond substituents is 2. The first kappa shape index (κ1) is 61.6. The van der Waals surface area contributed by atoms with E-state index in [-0.39, 0.29) is 66.2 Å². The molecule has 23 atom stereocenters. The number of ketones is 1. The number of esters is 2. The SMILES string of the molecule is CO[C@H]1[C@H](O)C[C@@H](O[C@@H]2C[C@H](Oc3cc(O)c4c(O)c5c(cc4c3)C[C@@H]([C@H](OC)C(N)=O)[C@H](O[C@H]3C[C@H](O[C@H]4C[C@H](O[C@H]6C[C@@](C)(O)[C@@H](OC(=O)C(C)C)[C@H](C)O6)[C@H](O)[C@@H](C)O4)[C@H](O)[C@@H](C)O3)C5=O)O[C@H](C)[C@H]2OC(C)=O)O[C@@H]1C. The molecule has 80 heavy (non-hydrogen) atoms. The number of aliphatic hydroxyl groups is 4. The van der Waals surface area contributed by atoms with Crippen molar-refractivity contribution in [2.24, 2.45) is 17.6 Å². The lowest BCUT2D eigenvalue weighted by Gasteiger charge is -2.46. The van der Waals surface area contributed by atoms with Crippen LogP contribution in [-0.2, 0) is 82.4 Å². The third-order valence-electron chi connectivity index (χ3n) is 15.9. The van der Waals surface area contributed by atoms with Crippen LogP contribution in [0.1, 0.15) is 110 Å². The minimum Gasteiger partial charge on any atom is -0.507 e. The summed E-state index contributed by atoms with van der Waals surface area (Å²) in [7, 11) is 2.72. The first-order chi connectivity index (χ1) is 37.7. The van der Waals surface area contributed by atoms with Gasteiger partial charge in [0, 0.05) is 65.2 Å². The van der Waals surface area contributed by atoms with Crippen LogP contribution in [0.5, 0.6) is 17.2 Å². The number of benzene rings is 2. The number of amides is 1. The van der Waals surface area contributed by atoms with Gasteiger partial charge in [0.25, 0.3) is 0 Å². The van der Waals surface area contributed by atoms with Crippen molar-refractivity contribution in [2.75, 3.05) is 14.2 Å². The second-order valence-electron chi connectivity index (χ2n) is 22.5. The first-order valence-electron chi connectivity index (χ1n) is 27.3. The number of rotatable bonds is 17. The van der Waals surface area contributed by atoms with Crippen LogP contribution in [0.15, 0.2) is 18.2 Å². The van der Waals surface area contributed by atoms with Gasteiger partial charge in [-0.1, -0.05) is 13.8 Å². The Hall–Kier alpha value is -4.42. The maximum Gasteiger partial charge on any atom is 0.308 e. The molecule has 6 aliphatic rings. The topological polar surface area (TPSA) is 345 Å². The molecule has 0 aromatic heterocycles. The highest BCUT2D eigenvalue weighted by molar-refractivity contribution is 6.11. The van der Waals surface area contributed by atoms with Crippen molar-refractivity contribution in [1.29, 1.82) is 0 Å². The van der Waals surface area contributed by atoms with Crippen molar-refractivity contribution in [3.05, 3.63) is 29.3 Å². The minimum atomic E-state index is -1.55. The van der Waals surface area contributed by atoms with E-state index in [9.17, 15) is 49.8 Å². The molecule has 2 aromatic rings. The molecule has 0 radical (unpaired) electrons. The molecular formula is C55H79NO24.